The van der Waals surface area contributed by atoms with Gasteiger partial charge in [-0.1, -0.05) is 24.3 Å². The van der Waals surface area contributed by atoms with Crippen LogP contribution in [0.2, 0.25) is 0 Å². The van der Waals surface area contributed by atoms with E-state index < -0.39 is 0 Å². The van der Waals surface area contributed by atoms with E-state index in [1.54, 1.807) is 7.11 Å². The van der Waals surface area contributed by atoms with Gasteiger partial charge in [0.2, 0.25) is 11.8 Å². The molecule has 0 radical (unpaired) electrons. The van der Waals surface area contributed by atoms with Crippen molar-refractivity contribution in [1.82, 2.24) is 4.90 Å². The molecular formula is C18H19NO3. The van der Waals surface area contributed by atoms with Crippen molar-refractivity contribution in [2.75, 3.05) is 7.11 Å². The Kier molecular flexibility index (Phi) is 3.06. The molecule has 0 aromatic heterocycles. The van der Waals surface area contributed by atoms with Crippen LogP contribution in [-0.2, 0) is 16.1 Å². The van der Waals surface area contributed by atoms with E-state index in [1.807, 2.05) is 24.3 Å². The molecule has 1 aromatic rings. The first-order valence-corrected chi connectivity index (χ1v) is 7.85. The number of hydrogen-bond acceptors (Lipinski definition) is 3. The van der Waals surface area contributed by atoms with Crippen LogP contribution in [-0.4, -0.2) is 23.8 Å². The summed E-state index contributed by atoms with van der Waals surface area (Å²) in [7, 11) is 1.62. The molecule has 22 heavy (non-hydrogen) atoms. The minimum atomic E-state index is -0.116. The first-order chi connectivity index (χ1) is 10.7. The number of rotatable bonds is 3. The summed E-state index contributed by atoms with van der Waals surface area (Å²) in [5.41, 5.74) is 0.960. The molecular weight excluding hydrogens is 278 g/mol. The molecule has 0 N–H and O–H groups in total. The number of ether oxygens (including phenoxy) is 1. The quantitative estimate of drug-likeness (QED) is 0.636. The van der Waals surface area contributed by atoms with E-state index in [2.05, 4.69) is 12.2 Å². The van der Waals surface area contributed by atoms with E-state index in [1.165, 1.54) is 4.90 Å². The molecule has 4 aliphatic rings. The van der Waals surface area contributed by atoms with Gasteiger partial charge in [-0.25, -0.2) is 0 Å². The molecule has 1 saturated carbocycles. The number of fused-ring (bicyclic) bond motifs is 1. The summed E-state index contributed by atoms with van der Waals surface area (Å²) in [5.74, 6) is 1.09. The number of amides is 2. The zero-order chi connectivity index (χ0) is 15.3. The van der Waals surface area contributed by atoms with E-state index in [9.17, 15) is 9.59 Å². The summed E-state index contributed by atoms with van der Waals surface area (Å²) < 4.78 is 5.14. The van der Waals surface area contributed by atoms with Gasteiger partial charge in [0.05, 0.1) is 25.5 Å². The van der Waals surface area contributed by atoms with Crippen LogP contribution in [0.1, 0.15) is 18.4 Å². The Bertz CT molecular complexity index is 617. The van der Waals surface area contributed by atoms with Crippen molar-refractivity contribution in [1.29, 1.82) is 0 Å². The second-order valence-corrected chi connectivity index (χ2v) is 6.45. The van der Waals surface area contributed by atoms with E-state index >= 15 is 0 Å². The number of imide groups is 1. The van der Waals surface area contributed by atoms with Crippen LogP contribution >= 0.6 is 0 Å². The lowest BCUT2D eigenvalue weighted by atomic mass is 9.63. The Morgan fingerprint density at radius 2 is 1.55 bits per heavy atom. The maximum atomic E-state index is 12.7. The lowest BCUT2D eigenvalue weighted by Gasteiger charge is -2.38. The first kappa shape index (κ1) is 13.6. The average molecular weight is 297 g/mol. The minimum absolute atomic E-state index is 0.0184. The normalized spacial score (nSPS) is 32.5. The molecule has 4 atom stereocenters. The topological polar surface area (TPSA) is 46.6 Å². The predicted molar refractivity (Wildman–Crippen MR) is 80.9 cm³/mol. The Morgan fingerprint density at radius 3 is 2.00 bits per heavy atom. The highest BCUT2D eigenvalue weighted by Gasteiger charge is 2.56. The number of carbonyl (C=O) groups excluding carboxylic acids is 2. The van der Waals surface area contributed by atoms with E-state index in [4.69, 9.17) is 4.74 Å². The van der Waals surface area contributed by atoms with Crippen LogP contribution in [0.5, 0.6) is 5.75 Å². The van der Waals surface area contributed by atoms with Crippen molar-refractivity contribution in [3.63, 3.8) is 0 Å². The molecule has 1 heterocycles. The second-order valence-electron chi connectivity index (χ2n) is 6.45. The molecule has 1 aromatic carbocycles. The predicted octanol–water partition coefficient (Wildman–Crippen LogP) is 2.39. The fourth-order valence-corrected chi connectivity index (χ4v) is 4.21. The van der Waals surface area contributed by atoms with Crippen LogP contribution in [0.3, 0.4) is 0 Å². The number of allylic oxidation sites excluding steroid dienone is 2. The van der Waals surface area contributed by atoms with Crippen molar-refractivity contribution >= 4 is 11.8 Å². The van der Waals surface area contributed by atoms with E-state index in [0.717, 1.165) is 24.2 Å². The third-order valence-corrected chi connectivity index (χ3v) is 5.35. The SMILES string of the molecule is COc1ccc(CN2C(=O)[C@@H]3[C@H](C2=O)[C@@H]2C=C[C@H]3CC2)cc1. The number of benzene rings is 1. The zero-order valence-corrected chi connectivity index (χ0v) is 12.6. The highest BCUT2D eigenvalue weighted by molar-refractivity contribution is 6.06. The van der Waals surface area contributed by atoms with Crippen molar-refractivity contribution in [3.05, 3.63) is 42.0 Å². The van der Waals surface area contributed by atoms with Crippen LogP contribution in [0.15, 0.2) is 36.4 Å². The van der Waals surface area contributed by atoms with Gasteiger partial charge in [0.15, 0.2) is 0 Å². The molecule has 1 saturated heterocycles. The van der Waals surface area contributed by atoms with Crippen LogP contribution in [0.4, 0.5) is 0 Å². The largest absolute Gasteiger partial charge is 0.497 e. The van der Waals surface area contributed by atoms with Crippen molar-refractivity contribution in [3.8, 4) is 5.75 Å². The molecule has 0 spiro atoms. The van der Waals surface area contributed by atoms with Gasteiger partial charge in [0.25, 0.3) is 0 Å². The molecule has 4 nitrogen and oxygen atoms in total. The van der Waals surface area contributed by atoms with Gasteiger partial charge < -0.3 is 4.74 Å². The average Bonchev–Trinajstić information content (AvgIpc) is 2.84. The summed E-state index contributed by atoms with van der Waals surface area (Å²) in [6, 6.07) is 7.54. The summed E-state index contributed by atoms with van der Waals surface area (Å²) in [4.78, 5) is 26.9. The third-order valence-electron chi connectivity index (χ3n) is 5.35. The molecule has 114 valence electrons. The summed E-state index contributed by atoms with van der Waals surface area (Å²) in [6.45, 7) is 0.369. The van der Waals surface area contributed by atoms with Crippen LogP contribution in [0.25, 0.3) is 0 Å². The van der Waals surface area contributed by atoms with Gasteiger partial charge in [-0.3, -0.25) is 14.5 Å². The van der Waals surface area contributed by atoms with Crippen molar-refractivity contribution in [2.24, 2.45) is 23.7 Å². The third kappa shape index (κ3) is 1.90. The molecule has 2 amide bonds. The van der Waals surface area contributed by atoms with E-state index in [0.29, 0.717) is 6.54 Å². The van der Waals surface area contributed by atoms with Crippen LogP contribution < -0.4 is 4.74 Å². The lowest BCUT2D eigenvalue weighted by Crippen LogP contribution is -2.38. The number of likely N-dealkylation sites (tertiary alicyclic amines) is 1. The summed E-state index contributed by atoms with van der Waals surface area (Å²) in [5, 5.41) is 0. The Morgan fingerprint density at radius 1 is 1.00 bits per heavy atom. The standard InChI is InChI=1S/C18H19NO3/c1-22-14-8-2-11(3-9-14)10-19-17(20)15-12-4-5-13(7-6-12)16(15)18(19)21/h2-5,8-9,12-13,15-16H,6-7,10H2,1H3/t12-,13+,15-,16+. The molecule has 2 bridgehead atoms. The van der Waals surface area contributed by atoms with Gasteiger partial charge in [0.1, 0.15) is 5.75 Å². The molecule has 0 unspecified atom stereocenters. The molecule has 1 aliphatic heterocycles. The maximum Gasteiger partial charge on any atom is 0.234 e. The van der Waals surface area contributed by atoms with Gasteiger partial charge in [0, 0.05) is 0 Å². The number of hydrogen-bond donors (Lipinski definition) is 0. The summed E-state index contributed by atoms with van der Waals surface area (Å²) in [6.07, 6.45) is 6.38. The Labute approximate surface area is 129 Å². The lowest BCUT2D eigenvalue weighted by molar-refractivity contribution is -0.140. The number of nitrogens with zero attached hydrogens (tertiary/aromatic N) is 1. The zero-order valence-electron chi connectivity index (χ0n) is 12.6. The first-order valence-electron chi connectivity index (χ1n) is 7.85. The fourth-order valence-electron chi connectivity index (χ4n) is 4.21. The monoisotopic (exact) mass is 297 g/mol. The Hall–Kier alpha value is -2.10. The fraction of sp³-hybridized carbons (Fsp3) is 0.444. The summed E-state index contributed by atoms with van der Waals surface area (Å²) >= 11 is 0. The molecule has 4 heteroatoms. The molecule has 2 fully saturated rings. The van der Waals surface area contributed by atoms with Gasteiger partial charge in [-0.15, -0.1) is 0 Å². The number of carbonyl (C=O) groups is 2. The smallest absolute Gasteiger partial charge is 0.234 e. The van der Waals surface area contributed by atoms with Crippen molar-refractivity contribution < 1.29 is 14.3 Å². The van der Waals surface area contributed by atoms with Gasteiger partial charge in [-0.05, 0) is 42.4 Å². The van der Waals surface area contributed by atoms with Crippen LogP contribution in [0, 0.1) is 23.7 Å². The van der Waals surface area contributed by atoms with Gasteiger partial charge in [-0.2, -0.15) is 0 Å². The van der Waals surface area contributed by atoms with Gasteiger partial charge >= 0.3 is 0 Å². The highest BCUT2D eigenvalue weighted by Crippen LogP contribution is 2.49. The second kappa shape index (κ2) is 4.97. The Balaban J connectivity index is 1.58. The molecule has 3 aliphatic carbocycles. The molecule has 5 rings (SSSR count). The maximum absolute atomic E-state index is 12.7. The van der Waals surface area contributed by atoms with E-state index in [-0.39, 0.29) is 35.5 Å². The van der Waals surface area contributed by atoms with Crippen molar-refractivity contribution in [2.45, 2.75) is 19.4 Å². The highest BCUT2D eigenvalue weighted by atomic mass is 16.5. The number of methoxy groups -OCH3 is 1. The minimum Gasteiger partial charge on any atom is -0.497 e.